The van der Waals surface area contributed by atoms with Crippen LogP contribution < -0.4 is 0 Å². The van der Waals surface area contributed by atoms with Crippen molar-refractivity contribution < 1.29 is 9.53 Å². The molecule has 36 heavy (non-hydrogen) atoms. The molecule has 6 atom stereocenters. The van der Waals surface area contributed by atoms with Gasteiger partial charge in [0.05, 0.1) is 6.10 Å². The highest BCUT2D eigenvalue weighted by Gasteiger charge is 2.50. The van der Waals surface area contributed by atoms with Crippen LogP contribution in [-0.4, -0.2) is 25.6 Å². The smallest absolute Gasteiger partial charge is 0.192 e. The number of aliphatic hydroxyl groups excluding tert-OH is 1. The molecule has 0 spiro atoms. The van der Waals surface area contributed by atoms with Gasteiger partial charge in [0, 0.05) is 6.10 Å². The maximum atomic E-state index is 10.3. The lowest BCUT2D eigenvalue weighted by Crippen LogP contribution is -2.44. The molecule has 4 fully saturated rings. The van der Waals surface area contributed by atoms with Gasteiger partial charge in [-0.15, -0.1) is 0 Å². The summed E-state index contributed by atoms with van der Waals surface area (Å²) < 4.78 is 6.81. The van der Waals surface area contributed by atoms with Crippen molar-refractivity contribution in [3.05, 3.63) is 47.6 Å². The SMILES string of the molecule is C=C1CC[C@@H](O[Si](C)(C)C(C)(C)C)CC1=CC=C1CCC[C@]2(C)[C@@H]([C@H](C)C=C[C@@H](O)C3CC3)CC[C@@H]12. The average molecular weight is 511 g/mol. The van der Waals surface area contributed by atoms with Gasteiger partial charge in [-0.3, -0.25) is 0 Å². The van der Waals surface area contributed by atoms with E-state index in [1.807, 2.05) is 0 Å². The Labute approximate surface area is 223 Å². The third-order valence-electron chi connectivity index (χ3n) is 10.8. The molecule has 0 aromatic rings. The van der Waals surface area contributed by atoms with Gasteiger partial charge < -0.3 is 9.53 Å². The Balaban J connectivity index is 1.45. The number of aliphatic hydroxyl groups is 1. The van der Waals surface area contributed by atoms with E-state index in [0.29, 0.717) is 35.2 Å². The summed E-state index contributed by atoms with van der Waals surface area (Å²) in [5, 5.41) is 10.6. The highest BCUT2D eigenvalue weighted by Crippen LogP contribution is 2.59. The van der Waals surface area contributed by atoms with E-state index in [2.05, 4.69) is 78.6 Å². The van der Waals surface area contributed by atoms with Crippen molar-refractivity contribution in [3.63, 3.8) is 0 Å². The van der Waals surface area contributed by atoms with E-state index in [4.69, 9.17) is 4.43 Å². The van der Waals surface area contributed by atoms with E-state index in [-0.39, 0.29) is 11.1 Å². The molecule has 0 bridgehead atoms. The van der Waals surface area contributed by atoms with Crippen LogP contribution in [0.4, 0.5) is 0 Å². The third kappa shape index (κ3) is 6.05. The van der Waals surface area contributed by atoms with Crippen LogP contribution in [0.5, 0.6) is 0 Å². The third-order valence-corrected chi connectivity index (χ3v) is 15.4. The summed E-state index contributed by atoms with van der Waals surface area (Å²) in [6, 6.07) is 0. The van der Waals surface area contributed by atoms with Crippen molar-refractivity contribution in [2.75, 3.05) is 0 Å². The Morgan fingerprint density at radius 2 is 1.78 bits per heavy atom. The standard InChI is InChI=1S/C33H54O2Si/c1-23-11-17-28(35-36(7,8)32(3,4)5)22-27(23)16-13-25-10-9-21-33(6)29(18-19-30(25)33)24(2)12-20-31(34)26-14-15-26/h12-13,16,20,24,26,28-31,34H,1,9-11,14-15,17-19,21-22H2,2-8H3/t24-,28-,29-,30+,31-,33-/m1/s1. The molecule has 2 nitrogen and oxygen atoms in total. The van der Waals surface area contributed by atoms with Gasteiger partial charge in [-0.05, 0) is 117 Å². The summed E-state index contributed by atoms with van der Waals surface area (Å²) in [5.74, 6) is 2.48. The maximum Gasteiger partial charge on any atom is 0.192 e. The summed E-state index contributed by atoms with van der Waals surface area (Å²) in [6.07, 6.45) is 21.6. The van der Waals surface area contributed by atoms with Crippen LogP contribution in [0.2, 0.25) is 18.1 Å². The normalized spacial score (nSPS) is 36.0. The predicted molar refractivity (Wildman–Crippen MR) is 156 cm³/mol. The molecule has 0 unspecified atom stereocenters. The Morgan fingerprint density at radius 3 is 2.44 bits per heavy atom. The zero-order valence-electron chi connectivity index (χ0n) is 24.4. The molecular weight excluding hydrogens is 456 g/mol. The summed E-state index contributed by atoms with van der Waals surface area (Å²) in [5.41, 5.74) is 4.80. The monoisotopic (exact) mass is 510 g/mol. The molecule has 4 saturated carbocycles. The van der Waals surface area contributed by atoms with E-state index in [0.717, 1.165) is 19.3 Å². The fourth-order valence-corrected chi connectivity index (χ4v) is 8.62. The number of allylic oxidation sites excluding steroid dienone is 5. The summed E-state index contributed by atoms with van der Waals surface area (Å²) in [7, 11) is -1.76. The molecule has 0 heterocycles. The van der Waals surface area contributed by atoms with Crippen molar-refractivity contribution in [2.45, 2.75) is 129 Å². The second-order valence-electron chi connectivity index (χ2n) is 14.4. The summed E-state index contributed by atoms with van der Waals surface area (Å²) in [6.45, 7) is 21.2. The molecule has 0 saturated heterocycles. The van der Waals surface area contributed by atoms with Gasteiger partial charge >= 0.3 is 0 Å². The first kappa shape index (κ1) is 28.1. The van der Waals surface area contributed by atoms with Gasteiger partial charge in [0.25, 0.3) is 0 Å². The van der Waals surface area contributed by atoms with Crippen molar-refractivity contribution in [1.29, 1.82) is 0 Å². The topological polar surface area (TPSA) is 29.5 Å². The van der Waals surface area contributed by atoms with Gasteiger partial charge in [-0.2, -0.15) is 0 Å². The first-order chi connectivity index (χ1) is 16.8. The zero-order chi connectivity index (χ0) is 26.3. The largest absolute Gasteiger partial charge is 0.414 e. The van der Waals surface area contributed by atoms with Crippen molar-refractivity contribution in [1.82, 2.24) is 0 Å². The van der Waals surface area contributed by atoms with E-state index >= 15 is 0 Å². The van der Waals surface area contributed by atoms with Gasteiger partial charge in [0.1, 0.15) is 0 Å². The number of fused-ring (bicyclic) bond motifs is 1. The Hall–Kier alpha value is -0.903. The average Bonchev–Trinajstić information content (AvgIpc) is 3.58. The van der Waals surface area contributed by atoms with E-state index in [1.54, 1.807) is 5.57 Å². The lowest BCUT2D eigenvalue weighted by atomic mass is 9.61. The molecule has 4 rings (SSSR count). The second kappa shape index (κ2) is 10.7. The minimum absolute atomic E-state index is 0.223. The van der Waals surface area contributed by atoms with Crippen LogP contribution in [0, 0.1) is 29.1 Å². The molecule has 0 aliphatic heterocycles. The molecule has 4 aliphatic carbocycles. The van der Waals surface area contributed by atoms with Gasteiger partial charge in [0.2, 0.25) is 0 Å². The molecule has 1 N–H and O–H groups in total. The number of rotatable bonds is 7. The fraction of sp³-hybridized carbons (Fsp3) is 0.758. The van der Waals surface area contributed by atoms with Gasteiger partial charge in [-0.1, -0.05) is 76.6 Å². The fourth-order valence-electron chi connectivity index (χ4n) is 7.24. The highest BCUT2D eigenvalue weighted by molar-refractivity contribution is 6.74. The van der Waals surface area contributed by atoms with Crippen LogP contribution in [-0.2, 0) is 4.43 Å². The highest BCUT2D eigenvalue weighted by atomic mass is 28.4. The molecular formula is C33H54O2Si. The van der Waals surface area contributed by atoms with Gasteiger partial charge in [0.15, 0.2) is 8.32 Å². The van der Waals surface area contributed by atoms with Crippen LogP contribution in [0.1, 0.15) is 98.8 Å². The Kier molecular flexibility index (Phi) is 8.35. The van der Waals surface area contributed by atoms with E-state index in [9.17, 15) is 5.11 Å². The van der Waals surface area contributed by atoms with E-state index in [1.165, 1.54) is 56.1 Å². The molecule has 0 aromatic carbocycles. The van der Waals surface area contributed by atoms with Crippen LogP contribution >= 0.6 is 0 Å². The Morgan fingerprint density at radius 1 is 1.06 bits per heavy atom. The minimum atomic E-state index is -1.76. The predicted octanol–water partition coefficient (Wildman–Crippen LogP) is 9.15. The van der Waals surface area contributed by atoms with Gasteiger partial charge in [-0.25, -0.2) is 0 Å². The molecule has 0 radical (unpaired) electrons. The van der Waals surface area contributed by atoms with Crippen molar-refractivity contribution >= 4 is 8.32 Å². The molecule has 3 heteroatoms. The lowest BCUT2D eigenvalue weighted by molar-refractivity contribution is 0.111. The lowest BCUT2D eigenvalue weighted by Gasteiger charge is -2.44. The van der Waals surface area contributed by atoms with Crippen LogP contribution in [0.3, 0.4) is 0 Å². The minimum Gasteiger partial charge on any atom is -0.414 e. The van der Waals surface area contributed by atoms with Crippen molar-refractivity contribution in [3.8, 4) is 0 Å². The molecule has 0 aromatic heterocycles. The number of hydrogen-bond donors (Lipinski definition) is 1. The van der Waals surface area contributed by atoms with Crippen LogP contribution in [0.15, 0.2) is 47.6 Å². The summed E-state index contributed by atoms with van der Waals surface area (Å²) >= 11 is 0. The maximum absolute atomic E-state index is 10.3. The Bertz CT molecular complexity index is 899. The van der Waals surface area contributed by atoms with Crippen LogP contribution in [0.25, 0.3) is 0 Å². The van der Waals surface area contributed by atoms with E-state index < -0.39 is 8.32 Å². The molecule has 202 valence electrons. The summed E-state index contributed by atoms with van der Waals surface area (Å²) in [4.78, 5) is 0. The zero-order valence-corrected chi connectivity index (χ0v) is 25.4. The second-order valence-corrected chi connectivity index (χ2v) is 19.2. The first-order valence-corrected chi connectivity index (χ1v) is 17.8. The number of hydrogen-bond acceptors (Lipinski definition) is 2. The molecule has 0 amide bonds. The molecule has 4 aliphatic rings. The van der Waals surface area contributed by atoms with Crippen molar-refractivity contribution in [2.24, 2.45) is 29.1 Å². The quantitative estimate of drug-likeness (QED) is 0.273. The first-order valence-electron chi connectivity index (χ1n) is 14.9.